The van der Waals surface area contributed by atoms with Gasteiger partial charge in [0.05, 0.1) is 6.42 Å². The summed E-state index contributed by atoms with van der Waals surface area (Å²) in [6.45, 7) is 2.06. The lowest BCUT2D eigenvalue weighted by Crippen LogP contribution is -2.45. The molecule has 0 radical (unpaired) electrons. The lowest BCUT2D eigenvalue weighted by atomic mass is 9.98. The summed E-state index contributed by atoms with van der Waals surface area (Å²) in [6, 6.07) is 18.2. The predicted molar refractivity (Wildman–Crippen MR) is 134 cm³/mol. The molecule has 3 N–H and O–H groups in total. The van der Waals surface area contributed by atoms with Crippen LogP contribution in [0.3, 0.4) is 0 Å². The number of aliphatic carboxylic acids is 1. The Kier molecular flexibility index (Phi) is 7.82. The quantitative estimate of drug-likeness (QED) is 0.366. The molecule has 0 saturated heterocycles. The van der Waals surface area contributed by atoms with Gasteiger partial charge < -0.3 is 20.5 Å². The number of alkyl carbamates (subject to hydrolysis) is 1. The molecule has 0 fully saturated rings. The first-order chi connectivity index (χ1) is 17.0. The molecule has 8 heteroatoms. The summed E-state index contributed by atoms with van der Waals surface area (Å²) in [5, 5.41) is 16.4. The fourth-order valence-corrected chi connectivity index (χ4v) is 5.32. The number of hydrogen-bond acceptors (Lipinski definition) is 5. The Morgan fingerprint density at radius 3 is 2.20 bits per heavy atom. The molecule has 7 nitrogen and oxygen atoms in total. The van der Waals surface area contributed by atoms with Crippen molar-refractivity contribution < 1.29 is 24.2 Å². The summed E-state index contributed by atoms with van der Waals surface area (Å²) < 4.78 is 5.62. The molecule has 35 heavy (non-hydrogen) atoms. The van der Waals surface area contributed by atoms with E-state index in [1.54, 1.807) is 12.1 Å². The highest BCUT2D eigenvalue weighted by molar-refractivity contribution is 7.10. The Bertz CT molecular complexity index is 1150. The van der Waals surface area contributed by atoms with Crippen LogP contribution in [0.25, 0.3) is 11.1 Å². The fraction of sp³-hybridized carbons (Fsp3) is 0.296. The standard InChI is InChI=1S/C27H28N2O5S/c1-2-8-17(15-24(30)31)28-26(32)25(23-13-7-14-35-23)29-27(33)34-16-22-20-11-5-3-9-18(20)19-10-4-6-12-21(19)22/h3-7,9-14,17,22,25H,2,8,15-16H2,1H3,(H,28,32)(H,29,33)(H,30,31). The molecule has 2 aromatic carbocycles. The molecule has 1 aliphatic rings. The minimum Gasteiger partial charge on any atom is -0.481 e. The van der Waals surface area contributed by atoms with Gasteiger partial charge in [-0.05, 0) is 40.1 Å². The minimum atomic E-state index is -0.985. The zero-order valence-electron chi connectivity index (χ0n) is 19.4. The summed E-state index contributed by atoms with van der Waals surface area (Å²) in [4.78, 5) is 37.7. The Morgan fingerprint density at radius 2 is 1.63 bits per heavy atom. The van der Waals surface area contributed by atoms with Crippen LogP contribution >= 0.6 is 11.3 Å². The second kappa shape index (κ2) is 11.2. The first kappa shape index (κ1) is 24.5. The molecule has 0 bridgehead atoms. The molecule has 182 valence electrons. The second-order valence-corrected chi connectivity index (χ2v) is 9.49. The van der Waals surface area contributed by atoms with Crippen molar-refractivity contribution in [2.75, 3.05) is 6.61 Å². The highest BCUT2D eigenvalue weighted by atomic mass is 32.1. The van der Waals surface area contributed by atoms with Gasteiger partial charge in [0, 0.05) is 16.8 Å². The number of carbonyl (C=O) groups is 3. The van der Waals surface area contributed by atoms with Crippen LogP contribution in [0, 0.1) is 0 Å². The van der Waals surface area contributed by atoms with Crippen LogP contribution in [-0.2, 0) is 14.3 Å². The highest BCUT2D eigenvalue weighted by Gasteiger charge is 2.31. The molecule has 3 aromatic rings. The van der Waals surface area contributed by atoms with E-state index < -0.39 is 30.1 Å². The van der Waals surface area contributed by atoms with Gasteiger partial charge in [0.2, 0.25) is 5.91 Å². The Labute approximate surface area is 208 Å². The number of ether oxygens (including phenoxy) is 1. The van der Waals surface area contributed by atoms with Gasteiger partial charge in [-0.2, -0.15) is 0 Å². The van der Waals surface area contributed by atoms with Crippen molar-refractivity contribution in [2.24, 2.45) is 0 Å². The van der Waals surface area contributed by atoms with Crippen molar-refractivity contribution in [3.63, 3.8) is 0 Å². The van der Waals surface area contributed by atoms with Crippen LogP contribution in [0.2, 0.25) is 0 Å². The summed E-state index contributed by atoms with van der Waals surface area (Å²) in [7, 11) is 0. The highest BCUT2D eigenvalue weighted by Crippen LogP contribution is 2.44. The number of fused-ring (bicyclic) bond motifs is 3. The average molecular weight is 493 g/mol. The molecule has 1 heterocycles. The van der Waals surface area contributed by atoms with E-state index in [-0.39, 0.29) is 18.9 Å². The number of benzene rings is 2. The lowest BCUT2D eigenvalue weighted by molar-refractivity contribution is -0.137. The molecule has 2 atom stereocenters. The molecule has 1 aliphatic carbocycles. The zero-order chi connectivity index (χ0) is 24.8. The monoisotopic (exact) mass is 492 g/mol. The molecular formula is C27H28N2O5S. The molecule has 1 aromatic heterocycles. The average Bonchev–Trinajstić information content (AvgIpc) is 3.48. The van der Waals surface area contributed by atoms with Crippen molar-refractivity contribution in [2.45, 2.75) is 44.2 Å². The van der Waals surface area contributed by atoms with Crippen molar-refractivity contribution >= 4 is 29.3 Å². The predicted octanol–water partition coefficient (Wildman–Crippen LogP) is 5.09. The van der Waals surface area contributed by atoms with E-state index in [4.69, 9.17) is 9.84 Å². The van der Waals surface area contributed by atoms with Crippen LogP contribution in [-0.4, -0.2) is 35.7 Å². The summed E-state index contributed by atoms with van der Waals surface area (Å²) >= 11 is 1.33. The molecule has 2 amide bonds. The molecule has 0 aliphatic heterocycles. The topological polar surface area (TPSA) is 105 Å². The number of nitrogens with one attached hydrogen (secondary N) is 2. The van der Waals surface area contributed by atoms with E-state index in [0.717, 1.165) is 28.7 Å². The number of carboxylic acid groups (broad SMARTS) is 1. The molecule has 0 saturated carbocycles. The number of amides is 2. The van der Waals surface area contributed by atoms with Gasteiger partial charge in [-0.15, -0.1) is 11.3 Å². The van der Waals surface area contributed by atoms with Gasteiger partial charge in [-0.25, -0.2) is 4.79 Å². The third kappa shape index (κ3) is 5.71. The number of carbonyl (C=O) groups excluding carboxylic acids is 2. The van der Waals surface area contributed by atoms with Gasteiger partial charge in [0.15, 0.2) is 0 Å². The van der Waals surface area contributed by atoms with Crippen LogP contribution in [0.1, 0.15) is 54.1 Å². The third-order valence-corrected chi connectivity index (χ3v) is 7.04. The third-order valence-electron chi connectivity index (χ3n) is 6.10. The van der Waals surface area contributed by atoms with E-state index >= 15 is 0 Å². The zero-order valence-corrected chi connectivity index (χ0v) is 20.2. The number of rotatable bonds is 10. The maximum Gasteiger partial charge on any atom is 0.408 e. The smallest absolute Gasteiger partial charge is 0.408 e. The fourth-order valence-electron chi connectivity index (χ4n) is 4.55. The van der Waals surface area contributed by atoms with E-state index in [2.05, 4.69) is 22.8 Å². The molecular weight excluding hydrogens is 464 g/mol. The lowest BCUT2D eigenvalue weighted by Gasteiger charge is -2.22. The molecule has 0 spiro atoms. The van der Waals surface area contributed by atoms with Crippen LogP contribution < -0.4 is 10.6 Å². The summed E-state index contributed by atoms with van der Waals surface area (Å²) in [5.41, 5.74) is 4.47. The van der Waals surface area contributed by atoms with Gasteiger partial charge in [-0.3, -0.25) is 9.59 Å². The minimum absolute atomic E-state index is 0.0911. The van der Waals surface area contributed by atoms with Crippen LogP contribution in [0.5, 0.6) is 0 Å². The maximum absolute atomic E-state index is 13.1. The second-order valence-electron chi connectivity index (χ2n) is 8.51. The first-order valence-corrected chi connectivity index (χ1v) is 12.5. The number of thiophene rings is 1. The molecule has 2 unspecified atom stereocenters. The van der Waals surface area contributed by atoms with E-state index in [9.17, 15) is 14.4 Å². The normalized spacial score (nSPS) is 13.9. The van der Waals surface area contributed by atoms with Crippen molar-refractivity contribution in [3.05, 3.63) is 82.0 Å². The van der Waals surface area contributed by atoms with E-state index in [1.807, 2.05) is 48.7 Å². The summed E-state index contributed by atoms with van der Waals surface area (Å²) in [5.74, 6) is -1.53. The Morgan fingerprint density at radius 1 is 0.971 bits per heavy atom. The maximum atomic E-state index is 13.1. The Hall–Kier alpha value is -3.65. The van der Waals surface area contributed by atoms with Gasteiger partial charge in [-0.1, -0.05) is 67.9 Å². The van der Waals surface area contributed by atoms with Crippen molar-refractivity contribution in [1.29, 1.82) is 0 Å². The number of carboxylic acids is 1. The first-order valence-electron chi connectivity index (χ1n) is 11.6. The van der Waals surface area contributed by atoms with Gasteiger partial charge in [0.25, 0.3) is 0 Å². The van der Waals surface area contributed by atoms with Crippen LogP contribution in [0.15, 0.2) is 66.0 Å². The van der Waals surface area contributed by atoms with E-state index in [0.29, 0.717) is 11.3 Å². The largest absolute Gasteiger partial charge is 0.481 e. The van der Waals surface area contributed by atoms with Crippen LogP contribution in [0.4, 0.5) is 4.79 Å². The SMILES string of the molecule is CCCC(CC(=O)O)NC(=O)C(NC(=O)OCC1c2ccccc2-c2ccccc21)c1cccs1. The van der Waals surface area contributed by atoms with Crippen molar-refractivity contribution in [3.8, 4) is 11.1 Å². The summed E-state index contributed by atoms with van der Waals surface area (Å²) in [6.07, 6.45) is 0.370. The van der Waals surface area contributed by atoms with E-state index in [1.165, 1.54) is 11.3 Å². The Balaban J connectivity index is 1.45. The number of hydrogen-bond donors (Lipinski definition) is 3. The molecule has 4 rings (SSSR count). The van der Waals surface area contributed by atoms with Crippen molar-refractivity contribution in [1.82, 2.24) is 10.6 Å². The van der Waals surface area contributed by atoms with Gasteiger partial charge >= 0.3 is 12.1 Å². The van der Waals surface area contributed by atoms with Gasteiger partial charge in [0.1, 0.15) is 12.6 Å².